The van der Waals surface area contributed by atoms with Gasteiger partial charge in [-0.1, -0.05) is 0 Å². The van der Waals surface area contributed by atoms with Gasteiger partial charge in [0.15, 0.2) is 5.82 Å². The summed E-state index contributed by atoms with van der Waals surface area (Å²) in [5.74, 6) is 3.36. The highest BCUT2D eigenvalue weighted by Gasteiger charge is 1.98. The molecule has 4 nitrogen and oxygen atoms in total. The standard InChI is InChI=1S/C6H8N4/c1-3-4-5-6-7-8-9-10(6)2/h1H,4-5H2,2H3. The SMILES string of the molecule is C#CCCc1nnnn1C. The maximum absolute atomic E-state index is 5.07. The molecule has 0 aliphatic rings. The summed E-state index contributed by atoms with van der Waals surface area (Å²) in [6.07, 6.45) is 6.51. The van der Waals surface area contributed by atoms with Crippen LogP contribution in [0.15, 0.2) is 0 Å². The summed E-state index contributed by atoms with van der Waals surface area (Å²) < 4.78 is 1.62. The van der Waals surface area contributed by atoms with Crippen molar-refractivity contribution in [1.29, 1.82) is 0 Å². The van der Waals surface area contributed by atoms with E-state index >= 15 is 0 Å². The molecule has 10 heavy (non-hydrogen) atoms. The second kappa shape index (κ2) is 2.97. The summed E-state index contributed by atoms with van der Waals surface area (Å²) in [6, 6.07) is 0. The van der Waals surface area contributed by atoms with Gasteiger partial charge in [-0.25, -0.2) is 4.68 Å². The van der Waals surface area contributed by atoms with Crippen molar-refractivity contribution in [3.63, 3.8) is 0 Å². The largest absolute Gasteiger partial charge is 0.233 e. The van der Waals surface area contributed by atoms with Crippen LogP contribution in [0.2, 0.25) is 0 Å². The van der Waals surface area contributed by atoms with E-state index < -0.39 is 0 Å². The first-order valence-electron chi connectivity index (χ1n) is 2.99. The maximum Gasteiger partial charge on any atom is 0.151 e. The zero-order valence-electron chi connectivity index (χ0n) is 5.78. The number of tetrazole rings is 1. The van der Waals surface area contributed by atoms with Gasteiger partial charge in [0.1, 0.15) is 0 Å². The number of rotatable bonds is 2. The molecule has 52 valence electrons. The van der Waals surface area contributed by atoms with Crippen molar-refractivity contribution in [2.45, 2.75) is 12.8 Å². The zero-order chi connectivity index (χ0) is 7.40. The zero-order valence-corrected chi connectivity index (χ0v) is 5.78. The van der Waals surface area contributed by atoms with E-state index in [0.29, 0.717) is 6.42 Å². The third-order valence-electron chi connectivity index (χ3n) is 1.20. The summed E-state index contributed by atoms with van der Waals surface area (Å²) >= 11 is 0. The molecule has 0 aromatic carbocycles. The first-order chi connectivity index (χ1) is 4.84. The van der Waals surface area contributed by atoms with Crippen molar-refractivity contribution in [1.82, 2.24) is 20.2 Å². The van der Waals surface area contributed by atoms with Crippen LogP contribution in [-0.4, -0.2) is 20.2 Å². The monoisotopic (exact) mass is 136 g/mol. The smallest absolute Gasteiger partial charge is 0.151 e. The molecule has 4 heteroatoms. The first-order valence-corrected chi connectivity index (χ1v) is 2.99. The molecule has 0 amide bonds. The van der Waals surface area contributed by atoms with Gasteiger partial charge in [0, 0.05) is 19.9 Å². The van der Waals surface area contributed by atoms with Gasteiger partial charge in [-0.15, -0.1) is 17.4 Å². The molecule has 1 aromatic heterocycles. The molecule has 0 saturated carbocycles. The van der Waals surface area contributed by atoms with Gasteiger partial charge in [0.25, 0.3) is 0 Å². The minimum absolute atomic E-state index is 0.689. The molecule has 1 rings (SSSR count). The van der Waals surface area contributed by atoms with Gasteiger partial charge in [0.2, 0.25) is 0 Å². The highest BCUT2D eigenvalue weighted by molar-refractivity contribution is 4.90. The Hall–Kier alpha value is -1.37. The number of terminal acetylenes is 1. The van der Waals surface area contributed by atoms with Crippen molar-refractivity contribution < 1.29 is 0 Å². The lowest BCUT2D eigenvalue weighted by atomic mass is 10.3. The van der Waals surface area contributed by atoms with Gasteiger partial charge < -0.3 is 0 Å². The molecule has 1 heterocycles. The quantitative estimate of drug-likeness (QED) is 0.528. The Kier molecular flexibility index (Phi) is 2.00. The molecule has 0 N–H and O–H groups in total. The normalized spacial score (nSPS) is 9.20. The minimum atomic E-state index is 0.689. The second-order valence-electron chi connectivity index (χ2n) is 1.92. The van der Waals surface area contributed by atoms with Gasteiger partial charge in [0.05, 0.1) is 0 Å². The van der Waals surface area contributed by atoms with Crippen molar-refractivity contribution in [2.75, 3.05) is 0 Å². The highest BCUT2D eigenvalue weighted by Crippen LogP contribution is 1.92. The summed E-state index contributed by atoms with van der Waals surface area (Å²) in [5, 5.41) is 10.9. The lowest BCUT2D eigenvalue weighted by Gasteiger charge is -1.91. The number of aromatic nitrogens is 4. The average Bonchev–Trinajstić information content (AvgIpc) is 2.31. The molecule has 0 saturated heterocycles. The highest BCUT2D eigenvalue weighted by atomic mass is 15.5. The van der Waals surface area contributed by atoms with Gasteiger partial charge in [-0.2, -0.15) is 0 Å². The van der Waals surface area contributed by atoms with Gasteiger partial charge >= 0.3 is 0 Å². The van der Waals surface area contributed by atoms with Crippen molar-refractivity contribution in [3.05, 3.63) is 5.82 Å². The maximum atomic E-state index is 5.07. The van der Waals surface area contributed by atoms with E-state index in [9.17, 15) is 0 Å². The van der Waals surface area contributed by atoms with Gasteiger partial charge in [-0.05, 0) is 10.4 Å². The molecule has 0 aliphatic heterocycles. The first kappa shape index (κ1) is 6.75. The molecule has 0 radical (unpaired) electrons. The Morgan fingerprint density at radius 2 is 2.50 bits per heavy atom. The minimum Gasteiger partial charge on any atom is -0.233 e. The van der Waals surface area contributed by atoms with Crippen LogP contribution in [0, 0.1) is 12.3 Å². The van der Waals surface area contributed by atoms with E-state index in [1.165, 1.54) is 0 Å². The van der Waals surface area contributed by atoms with E-state index in [1.807, 2.05) is 0 Å². The number of hydrogen-bond acceptors (Lipinski definition) is 3. The van der Waals surface area contributed by atoms with Crippen LogP contribution < -0.4 is 0 Å². The van der Waals surface area contributed by atoms with Crippen molar-refractivity contribution >= 4 is 0 Å². The predicted molar refractivity (Wildman–Crippen MR) is 36.0 cm³/mol. The average molecular weight is 136 g/mol. The van der Waals surface area contributed by atoms with Crippen LogP contribution in [0.5, 0.6) is 0 Å². The van der Waals surface area contributed by atoms with Crippen LogP contribution in [0.1, 0.15) is 12.2 Å². The predicted octanol–water partition coefficient (Wildman–Crippen LogP) is -0.224. The molecule has 0 fully saturated rings. The third-order valence-corrected chi connectivity index (χ3v) is 1.20. The Balaban J connectivity index is 2.59. The molecule has 0 spiro atoms. The van der Waals surface area contributed by atoms with E-state index in [4.69, 9.17) is 6.42 Å². The van der Waals surface area contributed by atoms with E-state index in [2.05, 4.69) is 21.4 Å². The topological polar surface area (TPSA) is 43.6 Å². The second-order valence-corrected chi connectivity index (χ2v) is 1.92. The fourth-order valence-electron chi connectivity index (χ4n) is 0.644. The number of nitrogens with zero attached hydrogens (tertiary/aromatic N) is 4. The fourth-order valence-corrected chi connectivity index (χ4v) is 0.644. The molecule has 0 unspecified atom stereocenters. The van der Waals surface area contributed by atoms with Crippen LogP contribution in [0.4, 0.5) is 0 Å². The Morgan fingerprint density at radius 1 is 1.70 bits per heavy atom. The molecular weight excluding hydrogens is 128 g/mol. The van der Waals surface area contributed by atoms with E-state index in [-0.39, 0.29) is 0 Å². The van der Waals surface area contributed by atoms with Crippen molar-refractivity contribution in [3.8, 4) is 12.3 Å². The third kappa shape index (κ3) is 1.32. The molecular formula is C6H8N4. The van der Waals surface area contributed by atoms with Crippen LogP contribution in [0.25, 0.3) is 0 Å². The fraction of sp³-hybridized carbons (Fsp3) is 0.500. The summed E-state index contributed by atoms with van der Waals surface area (Å²) in [5.41, 5.74) is 0. The summed E-state index contributed by atoms with van der Waals surface area (Å²) in [4.78, 5) is 0. The van der Waals surface area contributed by atoms with Crippen molar-refractivity contribution in [2.24, 2.45) is 7.05 Å². The number of hydrogen-bond donors (Lipinski definition) is 0. The molecule has 0 bridgehead atoms. The van der Waals surface area contributed by atoms with Crippen LogP contribution in [-0.2, 0) is 13.5 Å². The lowest BCUT2D eigenvalue weighted by Crippen LogP contribution is -1.98. The molecule has 0 atom stereocenters. The molecule has 0 aliphatic carbocycles. The Bertz CT molecular complexity index is 244. The van der Waals surface area contributed by atoms with E-state index in [0.717, 1.165) is 12.2 Å². The Labute approximate surface area is 59.2 Å². The molecule has 1 aromatic rings. The lowest BCUT2D eigenvalue weighted by molar-refractivity contribution is 0.676. The van der Waals surface area contributed by atoms with E-state index in [1.54, 1.807) is 11.7 Å². The summed E-state index contributed by atoms with van der Waals surface area (Å²) in [7, 11) is 1.80. The Morgan fingerprint density at radius 3 is 3.00 bits per heavy atom. The van der Waals surface area contributed by atoms with Crippen LogP contribution >= 0.6 is 0 Å². The number of aryl methyl sites for hydroxylation is 2. The van der Waals surface area contributed by atoms with Gasteiger partial charge in [-0.3, -0.25) is 0 Å². The van der Waals surface area contributed by atoms with Crippen LogP contribution in [0.3, 0.4) is 0 Å². The summed E-state index contributed by atoms with van der Waals surface area (Å²) in [6.45, 7) is 0.